The van der Waals surface area contributed by atoms with E-state index >= 15 is 0 Å². The first-order chi connectivity index (χ1) is 8.11. The zero-order valence-corrected chi connectivity index (χ0v) is 11.2. The molecule has 0 radical (unpaired) electrons. The van der Waals surface area contributed by atoms with Crippen molar-refractivity contribution in [1.82, 2.24) is 5.32 Å². The molecule has 94 valence electrons. The third-order valence-corrected chi connectivity index (χ3v) is 3.96. The molecule has 17 heavy (non-hydrogen) atoms. The fourth-order valence-corrected chi connectivity index (χ4v) is 2.95. The molecule has 0 aliphatic carbocycles. The van der Waals surface area contributed by atoms with E-state index in [-0.39, 0.29) is 0 Å². The van der Waals surface area contributed by atoms with E-state index in [4.69, 9.17) is 5.73 Å². The molecule has 1 aliphatic rings. The van der Waals surface area contributed by atoms with Gasteiger partial charge in [0.2, 0.25) is 0 Å². The van der Waals surface area contributed by atoms with Crippen LogP contribution < -0.4 is 11.1 Å². The maximum absolute atomic E-state index is 6.11. The number of benzene rings is 1. The molecule has 2 heteroatoms. The van der Waals surface area contributed by atoms with Crippen LogP contribution in [0, 0.1) is 13.8 Å². The SMILES string of the molecule is CCC1NCC(N)CC1c1cc(C)ccc1C. The van der Waals surface area contributed by atoms with Crippen molar-refractivity contribution in [1.29, 1.82) is 0 Å². The average molecular weight is 232 g/mol. The highest BCUT2D eigenvalue weighted by atomic mass is 15.0. The van der Waals surface area contributed by atoms with Crippen LogP contribution >= 0.6 is 0 Å². The summed E-state index contributed by atoms with van der Waals surface area (Å²) in [4.78, 5) is 0. The summed E-state index contributed by atoms with van der Waals surface area (Å²) in [5.41, 5.74) is 10.3. The van der Waals surface area contributed by atoms with E-state index in [9.17, 15) is 0 Å². The highest BCUT2D eigenvalue weighted by Gasteiger charge is 2.29. The van der Waals surface area contributed by atoms with E-state index in [1.807, 2.05) is 0 Å². The van der Waals surface area contributed by atoms with Crippen molar-refractivity contribution in [3.63, 3.8) is 0 Å². The van der Waals surface area contributed by atoms with Gasteiger partial charge in [0.05, 0.1) is 0 Å². The van der Waals surface area contributed by atoms with Crippen LogP contribution in [0.3, 0.4) is 0 Å². The number of aryl methyl sites for hydroxylation is 2. The molecular weight excluding hydrogens is 208 g/mol. The van der Waals surface area contributed by atoms with Gasteiger partial charge in [-0.25, -0.2) is 0 Å². The van der Waals surface area contributed by atoms with E-state index in [1.165, 1.54) is 23.1 Å². The summed E-state index contributed by atoms with van der Waals surface area (Å²) in [7, 11) is 0. The maximum Gasteiger partial charge on any atom is 0.0171 e. The summed E-state index contributed by atoms with van der Waals surface area (Å²) in [5, 5.41) is 3.59. The molecule has 3 N–H and O–H groups in total. The quantitative estimate of drug-likeness (QED) is 0.822. The molecule has 3 unspecified atom stereocenters. The highest BCUT2D eigenvalue weighted by molar-refractivity contribution is 5.35. The number of rotatable bonds is 2. The van der Waals surface area contributed by atoms with Crippen molar-refractivity contribution in [2.24, 2.45) is 5.73 Å². The molecule has 2 nitrogen and oxygen atoms in total. The lowest BCUT2D eigenvalue weighted by atomic mass is 9.80. The van der Waals surface area contributed by atoms with Gasteiger partial charge < -0.3 is 11.1 Å². The Morgan fingerprint density at radius 3 is 2.82 bits per heavy atom. The second-order valence-electron chi connectivity index (χ2n) is 5.39. The third-order valence-electron chi connectivity index (χ3n) is 3.96. The minimum absolute atomic E-state index is 0.294. The van der Waals surface area contributed by atoms with Gasteiger partial charge in [-0.05, 0) is 37.8 Å². The van der Waals surface area contributed by atoms with Gasteiger partial charge in [0.25, 0.3) is 0 Å². The monoisotopic (exact) mass is 232 g/mol. The summed E-state index contributed by atoms with van der Waals surface area (Å²) < 4.78 is 0. The molecule has 3 atom stereocenters. The Labute approximate surface area is 105 Å². The fourth-order valence-electron chi connectivity index (χ4n) is 2.95. The van der Waals surface area contributed by atoms with Gasteiger partial charge in [0, 0.05) is 24.5 Å². The van der Waals surface area contributed by atoms with Crippen molar-refractivity contribution in [2.45, 2.75) is 51.6 Å². The summed E-state index contributed by atoms with van der Waals surface area (Å²) >= 11 is 0. The first-order valence-electron chi connectivity index (χ1n) is 6.68. The highest BCUT2D eigenvalue weighted by Crippen LogP contribution is 2.31. The van der Waals surface area contributed by atoms with E-state index < -0.39 is 0 Å². The predicted octanol–water partition coefficient (Wildman–Crippen LogP) is 2.49. The number of hydrogen-bond acceptors (Lipinski definition) is 2. The second-order valence-corrected chi connectivity index (χ2v) is 5.39. The zero-order valence-electron chi connectivity index (χ0n) is 11.2. The molecule has 1 aromatic carbocycles. The van der Waals surface area contributed by atoms with E-state index in [1.54, 1.807) is 0 Å². The molecule has 1 aromatic rings. The van der Waals surface area contributed by atoms with Crippen LogP contribution in [-0.4, -0.2) is 18.6 Å². The summed E-state index contributed by atoms with van der Waals surface area (Å²) in [5.74, 6) is 0.573. The van der Waals surface area contributed by atoms with Crippen LogP contribution in [0.5, 0.6) is 0 Å². The van der Waals surface area contributed by atoms with Gasteiger partial charge in [-0.1, -0.05) is 30.7 Å². The van der Waals surface area contributed by atoms with Crippen LogP contribution in [0.15, 0.2) is 18.2 Å². The van der Waals surface area contributed by atoms with Crippen LogP contribution in [0.1, 0.15) is 42.4 Å². The topological polar surface area (TPSA) is 38.0 Å². The van der Waals surface area contributed by atoms with Crippen molar-refractivity contribution >= 4 is 0 Å². The van der Waals surface area contributed by atoms with E-state index in [0.717, 1.165) is 13.0 Å². The Kier molecular flexibility index (Phi) is 3.85. The Morgan fingerprint density at radius 2 is 2.12 bits per heavy atom. The van der Waals surface area contributed by atoms with Gasteiger partial charge in [0.15, 0.2) is 0 Å². The molecule has 0 saturated carbocycles. The summed E-state index contributed by atoms with van der Waals surface area (Å²) in [6.45, 7) is 7.59. The largest absolute Gasteiger partial charge is 0.327 e. The van der Waals surface area contributed by atoms with Crippen molar-refractivity contribution in [3.8, 4) is 0 Å². The van der Waals surface area contributed by atoms with Gasteiger partial charge in [-0.3, -0.25) is 0 Å². The smallest absolute Gasteiger partial charge is 0.0171 e. The standard InChI is InChI=1S/C15H24N2/c1-4-15-14(8-12(16)9-17-15)13-7-10(2)5-6-11(13)3/h5-7,12,14-15,17H,4,8-9,16H2,1-3H3. The lowest BCUT2D eigenvalue weighted by molar-refractivity contribution is 0.313. The van der Waals surface area contributed by atoms with Crippen LogP contribution in [0.4, 0.5) is 0 Å². The molecule has 1 fully saturated rings. The Morgan fingerprint density at radius 1 is 1.35 bits per heavy atom. The van der Waals surface area contributed by atoms with Crippen molar-refractivity contribution in [2.75, 3.05) is 6.54 Å². The van der Waals surface area contributed by atoms with Gasteiger partial charge in [-0.2, -0.15) is 0 Å². The van der Waals surface area contributed by atoms with Crippen molar-refractivity contribution < 1.29 is 0 Å². The lowest BCUT2D eigenvalue weighted by Crippen LogP contribution is -2.49. The molecule has 0 spiro atoms. The molecule has 0 bridgehead atoms. The van der Waals surface area contributed by atoms with Crippen LogP contribution in [0.25, 0.3) is 0 Å². The molecule has 1 saturated heterocycles. The minimum atomic E-state index is 0.294. The molecule has 1 aliphatic heterocycles. The molecule has 2 rings (SSSR count). The Balaban J connectivity index is 2.31. The lowest BCUT2D eigenvalue weighted by Gasteiger charge is -2.36. The van der Waals surface area contributed by atoms with Crippen LogP contribution in [-0.2, 0) is 0 Å². The Bertz CT molecular complexity index is 387. The summed E-state index contributed by atoms with van der Waals surface area (Å²) in [6.07, 6.45) is 2.28. The van der Waals surface area contributed by atoms with Crippen LogP contribution in [0.2, 0.25) is 0 Å². The number of piperidine rings is 1. The fraction of sp³-hybridized carbons (Fsp3) is 0.600. The first-order valence-corrected chi connectivity index (χ1v) is 6.68. The maximum atomic E-state index is 6.11. The van der Waals surface area contributed by atoms with Crippen molar-refractivity contribution in [3.05, 3.63) is 34.9 Å². The normalized spacial score (nSPS) is 29.3. The second kappa shape index (κ2) is 5.19. The zero-order chi connectivity index (χ0) is 12.4. The van der Waals surface area contributed by atoms with Gasteiger partial charge >= 0.3 is 0 Å². The van der Waals surface area contributed by atoms with Gasteiger partial charge in [0.1, 0.15) is 0 Å². The average Bonchev–Trinajstić information content (AvgIpc) is 2.32. The minimum Gasteiger partial charge on any atom is -0.327 e. The first kappa shape index (κ1) is 12.6. The number of nitrogens with one attached hydrogen (secondary N) is 1. The number of nitrogens with two attached hydrogens (primary N) is 1. The Hall–Kier alpha value is -0.860. The third kappa shape index (κ3) is 2.70. The molecule has 0 amide bonds. The molecular formula is C15H24N2. The van der Waals surface area contributed by atoms with E-state index in [0.29, 0.717) is 18.0 Å². The molecule has 1 heterocycles. The molecule has 0 aromatic heterocycles. The van der Waals surface area contributed by atoms with E-state index in [2.05, 4.69) is 44.3 Å². The summed E-state index contributed by atoms with van der Waals surface area (Å²) in [6, 6.07) is 7.63. The predicted molar refractivity (Wildman–Crippen MR) is 73.3 cm³/mol. The number of hydrogen-bond donors (Lipinski definition) is 2. The van der Waals surface area contributed by atoms with Gasteiger partial charge in [-0.15, -0.1) is 0 Å².